The van der Waals surface area contributed by atoms with Crippen LogP contribution < -0.4 is 16.2 Å². The van der Waals surface area contributed by atoms with E-state index in [9.17, 15) is 27.9 Å². The predicted molar refractivity (Wildman–Crippen MR) is 101 cm³/mol. The van der Waals surface area contributed by atoms with Crippen LogP contribution in [0.4, 0.5) is 18.0 Å². The van der Waals surface area contributed by atoms with Gasteiger partial charge in [-0.15, -0.1) is 0 Å². The topological polar surface area (TPSA) is 94.2 Å². The highest BCUT2D eigenvalue weighted by atomic mass is 19.4. The first kappa shape index (κ1) is 20.4. The average molecular weight is 405 g/mol. The SMILES string of the molecule is O=C(NCc1c[nH]c(=O)c2ccccc12)NCC(O)c1ccc(C(F)(F)F)cc1. The van der Waals surface area contributed by atoms with E-state index >= 15 is 0 Å². The van der Waals surface area contributed by atoms with Crippen molar-refractivity contribution in [2.24, 2.45) is 0 Å². The van der Waals surface area contributed by atoms with Crippen molar-refractivity contribution in [2.75, 3.05) is 6.54 Å². The Morgan fingerprint density at radius 3 is 2.34 bits per heavy atom. The van der Waals surface area contributed by atoms with Gasteiger partial charge in [-0.25, -0.2) is 4.79 Å². The monoisotopic (exact) mass is 405 g/mol. The van der Waals surface area contributed by atoms with Gasteiger partial charge in [0.15, 0.2) is 0 Å². The molecular formula is C20H18F3N3O3. The number of hydrogen-bond acceptors (Lipinski definition) is 3. The third-order valence-corrected chi connectivity index (χ3v) is 4.41. The van der Waals surface area contributed by atoms with Gasteiger partial charge in [-0.3, -0.25) is 4.79 Å². The molecule has 1 unspecified atom stereocenters. The molecular weight excluding hydrogens is 387 g/mol. The molecule has 0 saturated carbocycles. The molecule has 1 aromatic heterocycles. The number of hydrogen-bond donors (Lipinski definition) is 4. The molecule has 152 valence electrons. The van der Waals surface area contributed by atoms with E-state index in [-0.39, 0.29) is 24.2 Å². The quantitative estimate of drug-likeness (QED) is 0.526. The molecule has 6 nitrogen and oxygen atoms in total. The maximum absolute atomic E-state index is 12.6. The number of benzene rings is 2. The summed E-state index contributed by atoms with van der Waals surface area (Å²) in [6.45, 7) is -0.0386. The summed E-state index contributed by atoms with van der Waals surface area (Å²) in [7, 11) is 0. The molecule has 1 heterocycles. The number of aliphatic hydroxyl groups excluding tert-OH is 1. The van der Waals surface area contributed by atoms with E-state index in [1.807, 2.05) is 0 Å². The Labute approximate surface area is 163 Å². The normalized spacial score (nSPS) is 12.6. The van der Waals surface area contributed by atoms with Crippen LogP contribution in [0.15, 0.2) is 59.5 Å². The number of carbonyl (C=O) groups excluding carboxylic acids is 1. The number of urea groups is 1. The van der Waals surface area contributed by atoms with E-state index in [0.29, 0.717) is 16.3 Å². The first-order valence-corrected chi connectivity index (χ1v) is 8.72. The van der Waals surface area contributed by atoms with Crippen LogP contribution in [-0.4, -0.2) is 22.7 Å². The van der Waals surface area contributed by atoms with Gasteiger partial charge in [0.2, 0.25) is 0 Å². The number of aliphatic hydroxyl groups is 1. The van der Waals surface area contributed by atoms with Crippen LogP contribution in [0.2, 0.25) is 0 Å². The second-order valence-electron chi connectivity index (χ2n) is 6.39. The minimum Gasteiger partial charge on any atom is -0.387 e. The Kier molecular flexibility index (Phi) is 5.88. The van der Waals surface area contributed by atoms with Gasteiger partial charge in [-0.2, -0.15) is 13.2 Å². The summed E-state index contributed by atoms with van der Waals surface area (Å²) in [4.78, 5) is 26.4. The van der Waals surface area contributed by atoms with Crippen molar-refractivity contribution >= 4 is 16.8 Å². The summed E-state index contributed by atoms with van der Waals surface area (Å²) in [5.74, 6) is 0. The number of amides is 2. The lowest BCUT2D eigenvalue weighted by Gasteiger charge is -2.14. The van der Waals surface area contributed by atoms with Gasteiger partial charge in [-0.1, -0.05) is 30.3 Å². The van der Waals surface area contributed by atoms with Crippen molar-refractivity contribution in [3.63, 3.8) is 0 Å². The zero-order valence-corrected chi connectivity index (χ0v) is 15.1. The van der Waals surface area contributed by atoms with Gasteiger partial charge in [0.1, 0.15) is 0 Å². The molecule has 1 atom stereocenters. The van der Waals surface area contributed by atoms with E-state index < -0.39 is 23.9 Å². The second kappa shape index (κ2) is 8.36. The van der Waals surface area contributed by atoms with E-state index in [1.165, 1.54) is 18.3 Å². The molecule has 0 radical (unpaired) electrons. The number of rotatable bonds is 5. The van der Waals surface area contributed by atoms with Gasteiger partial charge < -0.3 is 20.7 Å². The molecule has 0 aliphatic carbocycles. The van der Waals surface area contributed by atoms with Crippen LogP contribution >= 0.6 is 0 Å². The fraction of sp³-hybridized carbons (Fsp3) is 0.200. The molecule has 0 aliphatic heterocycles. The highest BCUT2D eigenvalue weighted by Crippen LogP contribution is 2.29. The van der Waals surface area contributed by atoms with Crippen LogP contribution in [0.1, 0.15) is 22.8 Å². The number of carbonyl (C=O) groups is 1. The number of aromatic amines is 1. The lowest BCUT2D eigenvalue weighted by Crippen LogP contribution is -2.37. The number of H-pyrrole nitrogens is 1. The molecule has 2 amide bonds. The van der Waals surface area contributed by atoms with Crippen LogP contribution in [-0.2, 0) is 12.7 Å². The highest BCUT2D eigenvalue weighted by Gasteiger charge is 2.30. The fourth-order valence-corrected chi connectivity index (χ4v) is 2.86. The van der Waals surface area contributed by atoms with Crippen LogP contribution in [0.25, 0.3) is 10.8 Å². The Hall–Kier alpha value is -3.33. The number of nitrogens with one attached hydrogen (secondary N) is 3. The maximum atomic E-state index is 12.6. The van der Waals surface area contributed by atoms with Crippen molar-refractivity contribution in [2.45, 2.75) is 18.8 Å². The molecule has 0 fully saturated rings. The molecule has 9 heteroatoms. The summed E-state index contributed by atoms with van der Waals surface area (Å²) in [5, 5.41) is 16.3. The van der Waals surface area contributed by atoms with Crippen molar-refractivity contribution < 1.29 is 23.1 Å². The third kappa shape index (κ3) is 4.94. The first-order chi connectivity index (χ1) is 13.8. The predicted octanol–water partition coefficient (Wildman–Crippen LogP) is 3.08. The van der Waals surface area contributed by atoms with Crippen molar-refractivity contribution in [1.29, 1.82) is 0 Å². The minimum atomic E-state index is -4.45. The van der Waals surface area contributed by atoms with Crippen molar-refractivity contribution in [1.82, 2.24) is 15.6 Å². The summed E-state index contributed by atoms with van der Waals surface area (Å²) >= 11 is 0. The largest absolute Gasteiger partial charge is 0.416 e. The number of fused-ring (bicyclic) bond motifs is 1. The number of alkyl halides is 3. The summed E-state index contributed by atoms with van der Waals surface area (Å²) < 4.78 is 37.7. The first-order valence-electron chi connectivity index (χ1n) is 8.72. The maximum Gasteiger partial charge on any atom is 0.416 e. The average Bonchev–Trinajstić information content (AvgIpc) is 2.71. The Bertz CT molecular complexity index is 1060. The zero-order valence-electron chi connectivity index (χ0n) is 15.1. The van der Waals surface area contributed by atoms with E-state index in [2.05, 4.69) is 15.6 Å². The molecule has 0 bridgehead atoms. The second-order valence-corrected chi connectivity index (χ2v) is 6.39. The summed E-state index contributed by atoms with van der Waals surface area (Å²) in [5.41, 5.74) is -0.0793. The fourth-order valence-electron chi connectivity index (χ4n) is 2.86. The third-order valence-electron chi connectivity index (χ3n) is 4.41. The van der Waals surface area contributed by atoms with Gasteiger partial charge in [0.05, 0.1) is 11.7 Å². The van der Waals surface area contributed by atoms with Crippen LogP contribution in [0, 0.1) is 0 Å². The Morgan fingerprint density at radius 2 is 1.69 bits per heavy atom. The lowest BCUT2D eigenvalue weighted by molar-refractivity contribution is -0.137. The van der Waals surface area contributed by atoms with Gasteiger partial charge in [-0.05, 0) is 34.7 Å². The van der Waals surface area contributed by atoms with Gasteiger partial charge in [0, 0.05) is 24.7 Å². The van der Waals surface area contributed by atoms with E-state index in [0.717, 1.165) is 12.1 Å². The summed E-state index contributed by atoms with van der Waals surface area (Å²) in [6.07, 6.45) is -4.09. The smallest absolute Gasteiger partial charge is 0.387 e. The molecule has 0 spiro atoms. The summed E-state index contributed by atoms with van der Waals surface area (Å²) in [6, 6.07) is 10.5. The van der Waals surface area contributed by atoms with Gasteiger partial charge in [0.25, 0.3) is 5.56 Å². The Balaban J connectivity index is 1.55. The molecule has 4 N–H and O–H groups in total. The van der Waals surface area contributed by atoms with Crippen LogP contribution in [0.5, 0.6) is 0 Å². The molecule has 3 rings (SSSR count). The zero-order chi connectivity index (χ0) is 21.0. The van der Waals surface area contributed by atoms with Crippen molar-refractivity contribution in [3.8, 4) is 0 Å². The molecule has 2 aromatic carbocycles. The Morgan fingerprint density at radius 1 is 1.03 bits per heavy atom. The molecule has 3 aromatic rings. The molecule has 0 saturated heterocycles. The van der Waals surface area contributed by atoms with E-state index in [1.54, 1.807) is 24.3 Å². The molecule has 29 heavy (non-hydrogen) atoms. The minimum absolute atomic E-state index is 0.138. The highest BCUT2D eigenvalue weighted by molar-refractivity contribution is 5.85. The standard InChI is InChI=1S/C20H18F3N3O3/c21-20(22,23)14-7-5-12(6-8-14)17(27)11-26-19(29)25-10-13-9-24-18(28)16-4-2-1-3-15(13)16/h1-9,17,27H,10-11H2,(H,24,28)(H2,25,26,29). The molecule has 0 aliphatic rings. The number of pyridine rings is 1. The lowest BCUT2D eigenvalue weighted by atomic mass is 10.1. The van der Waals surface area contributed by atoms with E-state index in [4.69, 9.17) is 0 Å². The number of halogens is 3. The van der Waals surface area contributed by atoms with Crippen molar-refractivity contribution in [3.05, 3.63) is 81.8 Å². The van der Waals surface area contributed by atoms with Crippen LogP contribution in [0.3, 0.4) is 0 Å². The van der Waals surface area contributed by atoms with Gasteiger partial charge >= 0.3 is 12.2 Å². The number of aromatic nitrogens is 1.